The first kappa shape index (κ1) is 19.0. The van der Waals surface area contributed by atoms with Gasteiger partial charge in [-0.2, -0.15) is 4.72 Å². The van der Waals surface area contributed by atoms with Gasteiger partial charge in [-0.25, -0.2) is 12.8 Å². The first-order valence-electron chi connectivity index (χ1n) is 8.47. The fourth-order valence-electron chi connectivity index (χ4n) is 2.75. The van der Waals surface area contributed by atoms with Gasteiger partial charge in [0.2, 0.25) is 15.9 Å². The largest absolute Gasteiger partial charge is 0.324 e. The maximum Gasteiger partial charge on any atom is 0.242 e. The average Bonchev–Trinajstić information content (AvgIpc) is 2.66. The molecule has 7 heteroatoms. The van der Waals surface area contributed by atoms with E-state index in [-0.39, 0.29) is 11.3 Å². The van der Waals surface area contributed by atoms with Crippen molar-refractivity contribution in [2.24, 2.45) is 0 Å². The summed E-state index contributed by atoms with van der Waals surface area (Å²) in [6.07, 6.45) is 0.261. The molecule has 0 heterocycles. The van der Waals surface area contributed by atoms with Gasteiger partial charge in [0, 0.05) is 11.1 Å². The van der Waals surface area contributed by atoms with Gasteiger partial charge in [-0.15, -0.1) is 0 Å². The zero-order valence-electron chi connectivity index (χ0n) is 14.6. The summed E-state index contributed by atoms with van der Waals surface area (Å²) in [7, 11) is -3.95. The van der Waals surface area contributed by atoms with Gasteiger partial charge in [0.1, 0.15) is 11.9 Å². The summed E-state index contributed by atoms with van der Waals surface area (Å²) >= 11 is 0. The molecule has 0 aliphatic heterocycles. The summed E-state index contributed by atoms with van der Waals surface area (Å²) in [5, 5.41) is 4.63. The van der Waals surface area contributed by atoms with Crippen LogP contribution in [-0.2, 0) is 14.8 Å². The van der Waals surface area contributed by atoms with Crippen molar-refractivity contribution in [3.8, 4) is 0 Å². The van der Waals surface area contributed by atoms with Crippen LogP contribution < -0.4 is 10.0 Å². The molecule has 0 aromatic heterocycles. The van der Waals surface area contributed by atoms with Crippen molar-refractivity contribution in [3.05, 3.63) is 72.5 Å². The molecule has 0 fully saturated rings. The van der Waals surface area contributed by atoms with Crippen molar-refractivity contribution in [3.63, 3.8) is 0 Å². The van der Waals surface area contributed by atoms with Crippen LogP contribution in [-0.4, -0.2) is 20.4 Å². The summed E-state index contributed by atoms with van der Waals surface area (Å²) in [6.45, 7) is 1.71. The third-order valence-electron chi connectivity index (χ3n) is 4.19. The second kappa shape index (κ2) is 7.85. The number of anilines is 1. The van der Waals surface area contributed by atoms with Crippen LogP contribution in [0.5, 0.6) is 0 Å². The summed E-state index contributed by atoms with van der Waals surface area (Å²) in [5.41, 5.74) is 0.609. The van der Waals surface area contributed by atoms with Gasteiger partial charge < -0.3 is 5.32 Å². The first-order chi connectivity index (χ1) is 12.9. The van der Waals surface area contributed by atoms with Crippen LogP contribution >= 0.6 is 0 Å². The molecule has 2 N–H and O–H groups in total. The minimum Gasteiger partial charge on any atom is -0.324 e. The number of sulfonamides is 1. The predicted molar refractivity (Wildman–Crippen MR) is 103 cm³/mol. The maximum absolute atomic E-state index is 13.0. The number of hydrogen-bond donors (Lipinski definition) is 2. The number of nitrogens with one attached hydrogen (secondary N) is 2. The number of fused-ring (bicyclic) bond motifs is 1. The monoisotopic (exact) mass is 386 g/mol. The predicted octanol–water partition coefficient (Wildman–Crippen LogP) is 3.67. The number of carbonyl (C=O) groups is 1. The number of benzene rings is 3. The Bertz CT molecular complexity index is 1060. The molecule has 0 radical (unpaired) electrons. The zero-order valence-corrected chi connectivity index (χ0v) is 15.5. The molecule has 1 unspecified atom stereocenters. The Labute approximate surface area is 157 Å². The van der Waals surface area contributed by atoms with Gasteiger partial charge in [0.25, 0.3) is 0 Å². The zero-order chi connectivity index (χ0) is 19.4. The molecular formula is C20H19FN2O3S. The fourth-order valence-corrected chi connectivity index (χ4v) is 4.02. The molecule has 0 saturated carbocycles. The number of rotatable bonds is 6. The summed E-state index contributed by atoms with van der Waals surface area (Å²) in [4.78, 5) is 12.6. The molecule has 5 nitrogen and oxygen atoms in total. The SMILES string of the molecule is CCC(NS(=O)(=O)c1ccc(F)cc1)C(=O)Nc1cccc2ccccc12. The number of hydrogen-bond acceptors (Lipinski definition) is 3. The molecule has 3 aromatic carbocycles. The van der Waals surface area contributed by atoms with Gasteiger partial charge in [0.15, 0.2) is 0 Å². The van der Waals surface area contributed by atoms with E-state index < -0.39 is 27.8 Å². The minimum atomic E-state index is -3.95. The lowest BCUT2D eigenvalue weighted by Gasteiger charge is -2.18. The van der Waals surface area contributed by atoms with Gasteiger partial charge >= 0.3 is 0 Å². The molecule has 1 atom stereocenters. The van der Waals surface area contributed by atoms with E-state index >= 15 is 0 Å². The molecular weight excluding hydrogens is 367 g/mol. The average molecular weight is 386 g/mol. The highest BCUT2D eigenvalue weighted by Gasteiger charge is 2.24. The summed E-state index contributed by atoms with van der Waals surface area (Å²) < 4.78 is 40.3. The Morgan fingerprint density at radius 1 is 1.00 bits per heavy atom. The van der Waals surface area contributed by atoms with Crippen LogP contribution in [0, 0.1) is 5.82 Å². The second-order valence-corrected chi connectivity index (χ2v) is 7.77. The van der Waals surface area contributed by atoms with Gasteiger partial charge in [-0.1, -0.05) is 43.3 Å². The van der Waals surface area contributed by atoms with Crippen LogP contribution in [0.1, 0.15) is 13.3 Å². The second-order valence-electron chi connectivity index (χ2n) is 6.05. The van der Waals surface area contributed by atoms with E-state index in [0.29, 0.717) is 5.69 Å². The van der Waals surface area contributed by atoms with E-state index in [2.05, 4.69) is 10.0 Å². The van der Waals surface area contributed by atoms with E-state index in [4.69, 9.17) is 0 Å². The van der Waals surface area contributed by atoms with Gasteiger partial charge in [-0.05, 0) is 42.1 Å². The van der Waals surface area contributed by atoms with Crippen LogP contribution in [0.4, 0.5) is 10.1 Å². The van der Waals surface area contributed by atoms with E-state index in [0.717, 1.165) is 35.0 Å². The molecule has 3 aromatic rings. The Balaban J connectivity index is 1.80. The Morgan fingerprint density at radius 3 is 2.37 bits per heavy atom. The van der Waals surface area contributed by atoms with Crippen molar-refractivity contribution in [1.82, 2.24) is 4.72 Å². The topological polar surface area (TPSA) is 75.3 Å². The summed E-state index contributed by atoms with van der Waals surface area (Å²) in [5.74, 6) is -0.991. The molecule has 1 amide bonds. The van der Waals surface area contributed by atoms with Crippen LogP contribution in [0.25, 0.3) is 10.8 Å². The molecule has 0 aliphatic carbocycles. The highest BCUT2D eigenvalue weighted by Crippen LogP contribution is 2.23. The van der Waals surface area contributed by atoms with Crippen LogP contribution in [0.3, 0.4) is 0 Å². The highest BCUT2D eigenvalue weighted by molar-refractivity contribution is 7.89. The normalized spacial score (nSPS) is 12.7. The molecule has 0 aliphatic rings. The molecule has 0 spiro atoms. The van der Waals surface area contributed by atoms with Crippen LogP contribution in [0.2, 0.25) is 0 Å². The van der Waals surface area contributed by atoms with Crippen LogP contribution in [0.15, 0.2) is 71.6 Å². The van der Waals surface area contributed by atoms with Crippen molar-refractivity contribution < 1.29 is 17.6 Å². The fraction of sp³-hybridized carbons (Fsp3) is 0.150. The smallest absolute Gasteiger partial charge is 0.242 e. The lowest BCUT2D eigenvalue weighted by Crippen LogP contribution is -2.43. The third kappa shape index (κ3) is 4.32. The number of carbonyl (C=O) groups excluding carboxylic acids is 1. The standard InChI is InChI=1S/C20H19FN2O3S/c1-2-18(23-27(25,26)16-12-10-15(21)11-13-16)20(24)22-19-9-5-7-14-6-3-4-8-17(14)19/h3-13,18,23H,2H2,1H3,(H,22,24). The van der Waals surface area contributed by atoms with E-state index in [1.807, 2.05) is 36.4 Å². The maximum atomic E-state index is 13.0. The Hall–Kier alpha value is -2.77. The number of halogens is 1. The lowest BCUT2D eigenvalue weighted by molar-refractivity contribution is -0.117. The quantitative estimate of drug-likeness (QED) is 0.679. The highest BCUT2D eigenvalue weighted by atomic mass is 32.2. The van der Waals surface area contributed by atoms with E-state index in [9.17, 15) is 17.6 Å². The summed E-state index contributed by atoms with van der Waals surface area (Å²) in [6, 6.07) is 16.6. The molecule has 0 bridgehead atoms. The van der Waals surface area contributed by atoms with Gasteiger partial charge in [-0.3, -0.25) is 4.79 Å². The van der Waals surface area contributed by atoms with E-state index in [1.54, 1.807) is 13.0 Å². The minimum absolute atomic E-state index is 0.0969. The Kier molecular flexibility index (Phi) is 5.53. The molecule has 140 valence electrons. The van der Waals surface area contributed by atoms with Gasteiger partial charge in [0.05, 0.1) is 4.90 Å². The van der Waals surface area contributed by atoms with Crippen molar-refractivity contribution in [2.45, 2.75) is 24.3 Å². The number of amides is 1. The Morgan fingerprint density at radius 2 is 1.67 bits per heavy atom. The van der Waals surface area contributed by atoms with Crippen molar-refractivity contribution >= 4 is 32.4 Å². The van der Waals surface area contributed by atoms with Crippen molar-refractivity contribution in [2.75, 3.05) is 5.32 Å². The third-order valence-corrected chi connectivity index (χ3v) is 5.68. The molecule has 0 saturated heterocycles. The molecule has 27 heavy (non-hydrogen) atoms. The van der Waals surface area contributed by atoms with Crippen molar-refractivity contribution in [1.29, 1.82) is 0 Å². The van der Waals surface area contributed by atoms with E-state index in [1.165, 1.54) is 0 Å². The molecule has 3 rings (SSSR count). The first-order valence-corrected chi connectivity index (χ1v) is 9.95. The lowest BCUT2D eigenvalue weighted by atomic mass is 10.1.